The summed E-state index contributed by atoms with van der Waals surface area (Å²) >= 11 is 1.19. The van der Waals surface area contributed by atoms with Crippen molar-refractivity contribution in [3.63, 3.8) is 0 Å². The molecule has 1 atom stereocenters. The molecule has 35 heavy (non-hydrogen) atoms. The van der Waals surface area contributed by atoms with E-state index in [0.29, 0.717) is 44.3 Å². The third-order valence-corrected chi connectivity index (χ3v) is 6.44. The number of nitrogens with zero attached hydrogens (tertiary/aromatic N) is 2. The van der Waals surface area contributed by atoms with Crippen LogP contribution in [-0.2, 0) is 9.53 Å². The minimum absolute atomic E-state index is 0.245. The van der Waals surface area contributed by atoms with Crippen LogP contribution < -0.4 is 24.4 Å². The second kappa shape index (κ2) is 10.1. The van der Waals surface area contributed by atoms with E-state index in [1.165, 1.54) is 42.3 Å². The summed E-state index contributed by atoms with van der Waals surface area (Å²) in [6.07, 6.45) is 3.29. The van der Waals surface area contributed by atoms with Crippen LogP contribution in [0.4, 0.5) is 4.39 Å². The number of hydrogen-bond donors (Lipinski definition) is 0. The fraction of sp³-hybridized carbons (Fsp3) is 0.192. The lowest BCUT2D eigenvalue weighted by Crippen LogP contribution is -2.39. The summed E-state index contributed by atoms with van der Waals surface area (Å²) < 4.78 is 31.4. The van der Waals surface area contributed by atoms with Crippen molar-refractivity contribution in [2.75, 3.05) is 20.8 Å². The third kappa shape index (κ3) is 4.67. The van der Waals surface area contributed by atoms with Crippen LogP contribution >= 0.6 is 11.3 Å². The molecule has 180 valence electrons. The summed E-state index contributed by atoms with van der Waals surface area (Å²) in [5, 5.41) is 0. The minimum atomic E-state index is -0.795. The molecule has 7 nitrogen and oxygen atoms in total. The van der Waals surface area contributed by atoms with Gasteiger partial charge in [0.05, 0.1) is 36.1 Å². The topological polar surface area (TPSA) is 79.1 Å². The molecule has 0 fully saturated rings. The van der Waals surface area contributed by atoms with E-state index in [0.717, 1.165) is 0 Å². The van der Waals surface area contributed by atoms with E-state index in [1.54, 1.807) is 49.4 Å². The fourth-order valence-corrected chi connectivity index (χ4v) is 4.89. The predicted molar refractivity (Wildman–Crippen MR) is 131 cm³/mol. The summed E-state index contributed by atoms with van der Waals surface area (Å²) in [5.74, 6) is -0.0109. The summed E-state index contributed by atoms with van der Waals surface area (Å²) in [4.78, 5) is 31.3. The number of methoxy groups -OCH3 is 2. The van der Waals surface area contributed by atoms with E-state index >= 15 is 0 Å². The maximum atomic E-state index is 13.6. The zero-order chi connectivity index (χ0) is 25.1. The highest BCUT2D eigenvalue weighted by atomic mass is 32.1. The van der Waals surface area contributed by atoms with Gasteiger partial charge in [-0.05, 0) is 48.4 Å². The maximum Gasteiger partial charge on any atom is 0.338 e. The molecule has 0 saturated carbocycles. The van der Waals surface area contributed by atoms with Gasteiger partial charge in [0, 0.05) is 0 Å². The number of benzene rings is 2. The molecule has 4 rings (SSSR count). The normalized spacial score (nSPS) is 15.3. The molecule has 3 aromatic rings. The van der Waals surface area contributed by atoms with Crippen LogP contribution in [0, 0.1) is 5.82 Å². The molecule has 1 unspecified atom stereocenters. The first-order valence-corrected chi connectivity index (χ1v) is 11.5. The SMILES string of the molecule is C=CCOc1ccc(C2C(C(=O)OC)=C(C)N=c3s/c(=C\c4ccc(F)cc4)c(=O)n32)cc1OC. The van der Waals surface area contributed by atoms with Crippen molar-refractivity contribution in [2.45, 2.75) is 13.0 Å². The average Bonchev–Trinajstić information content (AvgIpc) is 3.16. The first kappa shape index (κ1) is 24.2. The van der Waals surface area contributed by atoms with Gasteiger partial charge in [0.25, 0.3) is 5.56 Å². The number of allylic oxidation sites excluding steroid dienone is 1. The smallest absolute Gasteiger partial charge is 0.338 e. The van der Waals surface area contributed by atoms with E-state index in [4.69, 9.17) is 14.2 Å². The molecule has 1 aliphatic heterocycles. The summed E-state index contributed by atoms with van der Waals surface area (Å²) in [6.45, 7) is 5.64. The van der Waals surface area contributed by atoms with Gasteiger partial charge in [-0.1, -0.05) is 42.2 Å². The Balaban J connectivity index is 1.93. The Kier molecular flexibility index (Phi) is 6.97. The minimum Gasteiger partial charge on any atom is -0.493 e. The van der Waals surface area contributed by atoms with Crippen LogP contribution in [0.15, 0.2) is 76.2 Å². The van der Waals surface area contributed by atoms with Gasteiger partial charge in [-0.2, -0.15) is 0 Å². The van der Waals surface area contributed by atoms with E-state index in [-0.39, 0.29) is 16.9 Å². The standard InChI is InChI=1S/C26H23FN2O5S/c1-5-12-34-19-11-8-17(14-20(19)32-3)23-22(25(31)33-4)15(2)28-26-29(23)24(30)21(35-26)13-16-6-9-18(27)10-7-16/h5-11,13-14,23H,1,12H2,2-4H3/b21-13-. The molecular formula is C26H23FN2O5S. The molecule has 1 aromatic heterocycles. The van der Waals surface area contributed by atoms with Gasteiger partial charge in [0.2, 0.25) is 0 Å². The van der Waals surface area contributed by atoms with Crippen LogP contribution in [0.1, 0.15) is 24.1 Å². The van der Waals surface area contributed by atoms with Gasteiger partial charge < -0.3 is 14.2 Å². The molecule has 0 aliphatic carbocycles. The molecular weight excluding hydrogens is 471 g/mol. The third-order valence-electron chi connectivity index (χ3n) is 5.45. The van der Waals surface area contributed by atoms with Crippen molar-refractivity contribution in [3.8, 4) is 11.5 Å². The maximum absolute atomic E-state index is 13.6. The molecule has 0 bridgehead atoms. The molecule has 2 heterocycles. The van der Waals surface area contributed by atoms with E-state index in [9.17, 15) is 14.0 Å². The molecule has 0 saturated heterocycles. The van der Waals surface area contributed by atoms with Crippen molar-refractivity contribution in [1.29, 1.82) is 0 Å². The monoisotopic (exact) mass is 494 g/mol. The second-order valence-electron chi connectivity index (χ2n) is 7.63. The number of carbonyl (C=O) groups is 1. The molecule has 0 spiro atoms. The van der Waals surface area contributed by atoms with Crippen LogP contribution in [0.2, 0.25) is 0 Å². The number of carbonyl (C=O) groups excluding carboxylic acids is 1. The highest BCUT2D eigenvalue weighted by Crippen LogP contribution is 2.36. The van der Waals surface area contributed by atoms with Crippen LogP contribution in [0.25, 0.3) is 6.08 Å². The fourth-order valence-electron chi connectivity index (χ4n) is 3.84. The number of aromatic nitrogens is 1. The Labute approximate surface area is 204 Å². The van der Waals surface area contributed by atoms with Gasteiger partial charge in [-0.15, -0.1) is 0 Å². The number of ether oxygens (including phenoxy) is 3. The molecule has 0 amide bonds. The van der Waals surface area contributed by atoms with Gasteiger partial charge >= 0.3 is 5.97 Å². The first-order chi connectivity index (χ1) is 16.9. The Hall–Kier alpha value is -3.98. The lowest BCUT2D eigenvalue weighted by Gasteiger charge is -2.25. The highest BCUT2D eigenvalue weighted by molar-refractivity contribution is 7.07. The average molecular weight is 495 g/mol. The summed E-state index contributed by atoms with van der Waals surface area (Å²) in [5.41, 5.74) is 1.65. The van der Waals surface area contributed by atoms with Crippen molar-refractivity contribution in [3.05, 3.63) is 103 Å². The molecule has 9 heteroatoms. The highest BCUT2D eigenvalue weighted by Gasteiger charge is 2.33. The van der Waals surface area contributed by atoms with Crippen LogP contribution in [0.3, 0.4) is 0 Å². The molecule has 2 aromatic carbocycles. The predicted octanol–water partition coefficient (Wildman–Crippen LogP) is 3.12. The first-order valence-electron chi connectivity index (χ1n) is 10.7. The number of hydrogen-bond acceptors (Lipinski definition) is 7. The van der Waals surface area contributed by atoms with Gasteiger partial charge in [0.15, 0.2) is 16.3 Å². The molecule has 0 radical (unpaired) electrons. The number of rotatable bonds is 7. The number of esters is 1. The molecule has 0 N–H and O–H groups in total. The van der Waals surface area contributed by atoms with Crippen LogP contribution in [0.5, 0.6) is 11.5 Å². The largest absolute Gasteiger partial charge is 0.493 e. The van der Waals surface area contributed by atoms with E-state index in [1.807, 2.05) is 0 Å². The Morgan fingerprint density at radius 2 is 1.94 bits per heavy atom. The zero-order valence-corrected chi connectivity index (χ0v) is 20.2. The van der Waals surface area contributed by atoms with Gasteiger partial charge in [0.1, 0.15) is 12.4 Å². The Morgan fingerprint density at radius 3 is 2.60 bits per heavy atom. The van der Waals surface area contributed by atoms with E-state index < -0.39 is 12.0 Å². The summed E-state index contributed by atoms with van der Waals surface area (Å²) in [6, 6.07) is 10.2. The van der Waals surface area contributed by atoms with Crippen molar-refractivity contribution >= 4 is 23.4 Å². The van der Waals surface area contributed by atoms with Crippen molar-refractivity contribution in [1.82, 2.24) is 4.57 Å². The zero-order valence-electron chi connectivity index (χ0n) is 19.4. The Bertz CT molecular complexity index is 1500. The lowest BCUT2D eigenvalue weighted by atomic mass is 9.95. The number of thiazole rings is 1. The second-order valence-corrected chi connectivity index (χ2v) is 8.64. The quantitative estimate of drug-likeness (QED) is 0.373. The Morgan fingerprint density at radius 1 is 1.20 bits per heavy atom. The summed E-state index contributed by atoms with van der Waals surface area (Å²) in [7, 11) is 2.79. The number of halogens is 1. The van der Waals surface area contributed by atoms with Crippen molar-refractivity contribution < 1.29 is 23.4 Å². The van der Waals surface area contributed by atoms with Crippen molar-refractivity contribution in [2.24, 2.45) is 4.99 Å². The van der Waals surface area contributed by atoms with Gasteiger partial charge in [-0.25, -0.2) is 14.2 Å². The van der Waals surface area contributed by atoms with Crippen LogP contribution in [-0.4, -0.2) is 31.4 Å². The number of fused-ring (bicyclic) bond motifs is 1. The van der Waals surface area contributed by atoms with E-state index in [2.05, 4.69) is 11.6 Å². The lowest BCUT2D eigenvalue weighted by molar-refractivity contribution is -0.136. The molecule has 1 aliphatic rings. The van der Waals surface area contributed by atoms with Gasteiger partial charge in [-0.3, -0.25) is 9.36 Å².